The van der Waals surface area contributed by atoms with Gasteiger partial charge in [-0.05, 0) is 64.5 Å². The Morgan fingerprint density at radius 1 is 0.480 bits per heavy atom. The third-order valence-electron chi connectivity index (χ3n) is 14.1. The van der Waals surface area contributed by atoms with Gasteiger partial charge >= 0.3 is 312 Å². The number of carbonyl (C=O) groups excluding carboxylic acids is 10. The Morgan fingerprint density at radius 3 is 1.37 bits per heavy atom. The summed E-state index contributed by atoms with van der Waals surface area (Å²) in [5.74, 6) is -13.4. The van der Waals surface area contributed by atoms with Crippen LogP contribution in [0.4, 0.5) is 11.4 Å². The number of aryl methyl sites for hydroxylation is 2. The number of H-pyrrole nitrogens is 8. The van der Waals surface area contributed by atoms with E-state index in [9.17, 15) is 104 Å². The minimum absolute atomic E-state index is 0. The Kier molecular flexibility index (Phi) is 62.4. The Labute approximate surface area is 935 Å². The number of carboxylic acid groups (broad SMARTS) is 7. The zero-order valence-electron chi connectivity index (χ0n) is 68.1. The van der Waals surface area contributed by atoms with E-state index in [0.29, 0.717) is 28.1 Å². The van der Waals surface area contributed by atoms with Crippen LogP contribution in [0.25, 0.3) is 34.2 Å². The minimum atomic E-state index is -1.62. The molecule has 123 heavy (non-hydrogen) atoms. The van der Waals surface area contributed by atoms with Crippen molar-refractivity contribution in [3.05, 3.63) is 197 Å². The first-order valence-electron chi connectivity index (χ1n) is 33.0. The van der Waals surface area contributed by atoms with Crippen LogP contribution >= 0.6 is 12.2 Å². The first kappa shape index (κ1) is 121. The topological polar surface area (TPSA) is 764 Å². The quantitative estimate of drug-likeness (QED) is 0.00564. The summed E-state index contributed by atoms with van der Waals surface area (Å²) in [6, 6.07) is 28.8. The van der Waals surface area contributed by atoms with Crippen LogP contribution in [0.1, 0.15) is 108 Å². The van der Waals surface area contributed by atoms with Crippen molar-refractivity contribution in [3.8, 4) is 40.2 Å². The Hall–Kier alpha value is -6.38. The molecule has 48 nitrogen and oxygen atoms in total. The molecule has 11 aromatic rings. The summed E-state index contributed by atoms with van der Waals surface area (Å²) in [5, 5.41) is 147. The number of carboxylic acids is 7. The van der Waals surface area contributed by atoms with Gasteiger partial charge in [0, 0.05) is 90.5 Å². The number of rotatable bonds is 28. The molecule has 11 rings (SSSR count). The molecule has 0 bridgehead atoms. The number of methoxy groups -OCH3 is 1. The summed E-state index contributed by atoms with van der Waals surface area (Å²) in [7, 11) is 1.07. The number of hydrogen-bond acceptors (Lipinski definition) is 39. The SMILES string of the molecule is CCOC(=O)Cc1nc(C(C(=O)[O-])c2ccccc2)n[nH]1.CCOC(=O)Cc1nc(C(C)C(=O)[O-])n[nH]1.COC(=O)C(C#N)C(C(=O)[O-])c1nc(-c2ccc(C)cc2)n[nH]1.Cc1nc(CC(=O)[O-])n[nH]1.O=C([O-])Cc1nc(-c2ccc([N+](=O)[O-])cc2)n[nH]1.O=C([O-])Cc1nc(-c2cccc([N+](=O)[O-])c2)n[nH]1.O=C([O-])Cc1nc(=S)[nH][nH]1.[K+].[K+].[K+].[K+].[Na+].[Na+].[Na+]. The number of aromatic nitrogens is 21. The largest absolute Gasteiger partial charge is 1.00 e. The van der Waals surface area contributed by atoms with Gasteiger partial charge in [0.2, 0.25) is 4.77 Å². The van der Waals surface area contributed by atoms with Gasteiger partial charge in [-0.25, -0.2) is 34.9 Å². The molecule has 608 valence electrons. The van der Waals surface area contributed by atoms with Crippen LogP contribution in [0.3, 0.4) is 0 Å². The maximum Gasteiger partial charge on any atom is 1.00 e. The van der Waals surface area contributed by atoms with E-state index in [0.717, 1.165) is 12.7 Å². The van der Waals surface area contributed by atoms with Gasteiger partial charge < -0.3 is 83.5 Å². The van der Waals surface area contributed by atoms with Crippen LogP contribution in [0.15, 0.2) is 103 Å². The van der Waals surface area contributed by atoms with E-state index in [2.05, 4.69) is 123 Å². The molecule has 0 saturated heterocycles. The third kappa shape index (κ3) is 43.8. The molecule has 7 heterocycles. The van der Waals surface area contributed by atoms with Gasteiger partial charge in [0.05, 0.1) is 71.9 Å². The molecule has 7 aromatic heterocycles. The molecule has 0 aliphatic heterocycles. The number of hydrogen-bond donors (Lipinski definition) is 8. The molecular formula is C67H63K4N24Na3O24S. The van der Waals surface area contributed by atoms with E-state index >= 15 is 0 Å². The molecular weight excluding hydrogens is 1780 g/mol. The number of aliphatic carboxylic acids is 7. The maximum atomic E-state index is 11.6. The van der Waals surface area contributed by atoms with E-state index in [4.69, 9.17) is 14.7 Å². The van der Waals surface area contributed by atoms with Crippen molar-refractivity contribution in [1.82, 2.24) is 106 Å². The van der Waals surface area contributed by atoms with Crippen LogP contribution in [0.5, 0.6) is 0 Å². The number of nitro benzene ring substituents is 2. The number of benzene rings is 4. The number of non-ortho nitro benzene ring substituents is 2. The zero-order valence-corrected chi connectivity index (χ0v) is 87.5. The fourth-order valence-electron chi connectivity index (χ4n) is 8.87. The number of esters is 3. The summed E-state index contributed by atoms with van der Waals surface area (Å²) in [5.41, 5.74) is 3.10. The Morgan fingerprint density at radius 2 is 0.935 bits per heavy atom. The first-order valence-corrected chi connectivity index (χ1v) is 33.4. The van der Waals surface area contributed by atoms with Gasteiger partial charge in [0.1, 0.15) is 53.6 Å². The molecule has 0 aliphatic rings. The van der Waals surface area contributed by atoms with Gasteiger partial charge in [0.15, 0.2) is 40.9 Å². The van der Waals surface area contributed by atoms with E-state index < -0.39 is 93.2 Å². The number of nitro groups is 2. The molecule has 4 unspecified atom stereocenters. The second kappa shape index (κ2) is 63.5. The average Bonchev–Trinajstić information content (AvgIpc) is 1.68. The normalized spacial score (nSPS) is 10.6. The van der Waals surface area contributed by atoms with Crippen LogP contribution in [-0.2, 0) is 101 Å². The van der Waals surface area contributed by atoms with Gasteiger partial charge in [-0.3, -0.25) is 75.4 Å². The van der Waals surface area contributed by atoms with E-state index in [-0.39, 0.29) is 432 Å². The Balaban J connectivity index is -0.00000137. The Bertz CT molecular complexity index is 5320. The average molecular weight is 1850 g/mol. The van der Waals surface area contributed by atoms with E-state index in [1.807, 2.05) is 19.1 Å². The van der Waals surface area contributed by atoms with Gasteiger partial charge in [0.25, 0.3) is 11.4 Å². The molecule has 0 radical (unpaired) electrons. The fraction of sp³-hybridized carbons (Fsp3) is 0.269. The number of nitrogens with one attached hydrogen (secondary N) is 8. The van der Waals surface area contributed by atoms with E-state index in [1.54, 1.807) is 75.4 Å². The van der Waals surface area contributed by atoms with Gasteiger partial charge in [-0.15, -0.1) is 0 Å². The van der Waals surface area contributed by atoms with Crippen molar-refractivity contribution in [1.29, 1.82) is 5.26 Å². The van der Waals surface area contributed by atoms with Crippen LogP contribution in [-0.4, -0.2) is 196 Å². The monoisotopic (exact) mass is 1840 g/mol. The molecule has 0 amide bonds. The number of nitrogens with zero attached hydrogens (tertiary/aromatic N) is 16. The van der Waals surface area contributed by atoms with E-state index in [1.165, 1.54) is 49.4 Å². The summed E-state index contributed by atoms with van der Waals surface area (Å²) in [6.45, 7) is 8.99. The molecule has 4 atom stereocenters. The smallest absolute Gasteiger partial charge is 0.550 e. The number of nitriles is 1. The molecule has 0 fully saturated rings. The zero-order chi connectivity index (χ0) is 85.7. The second-order valence-electron chi connectivity index (χ2n) is 22.8. The molecule has 8 N–H and O–H groups in total. The summed E-state index contributed by atoms with van der Waals surface area (Å²) >= 11 is 4.57. The van der Waals surface area contributed by atoms with Crippen molar-refractivity contribution in [3.63, 3.8) is 0 Å². The molecule has 0 aliphatic carbocycles. The maximum absolute atomic E-state index is 11.6. The number of carbonyl (C=O) groups is 10. The predicted molar refractivity (Wildman–Crippen MR) is 372 cm³/mol. The fourth-order valence-corrected chi connectivity index (χ4v) is 9.04. The minimum Gasteiger partial charge on any atom is -0.550 e. The molecule has 0 spiro atoms. The van der Waals surface area contributed by atoms with Crippen LogP contribution in [0.2, 0.25) is 0 Å². The summed E-state index contributed by atoms with van der Waals surface area (Å²) in [6.07, 6.45) is -1.37. The van der Waals surface area contributed by atoms with Crippen molar-refractivity contribution in [2.75, 3.05) is 20.3 Å². The summed E-state index contributed by atoms with van der Waals surface area (Å²) < 4.78 is 14.2. The van der Waals surface area contributed by atoms with Crippen LogP contribution in [0, 0.1) is 56.1 Å². The van der Waals surface area contributed by atoms with Crippen molar-refractivity contribution < 1.29 is 402 Å². The molecule has 4 aromatic carbocycles. The third-order valence-corrected chi connectivity index (χ3v) is 14.3. The van der Waals surface area contributed by atoms with Crippen molar-refractivity contribution in [2.45, 2.75) is 90.9 Å². The predicted octanol–water partition coefficient (Wildman–Crippen LogP) is -26.0. The van der Waals surface area contributed by atoms with Crippen molar-refractivity contribution in [2.24, 2.45) is 5.92 Å². The second-order valence-corrected chi connectivity index (χ2v) is 23.1. The number of aromatic amines is 8. The van der Waals surface area contributed by atoms with Gasteiger partial charge in [-0.1, -0.05) is 72.3 Å². The first-order chi connectivity index (χ1) is 55.1. The molecule has 0 saturated carbocycles. The van der Waals surface area contributed by atoms with Gasteiger partial charge in [-0.2, -0.15) is 35.9 Å². The van der Waals surface area contributed by atoms with Crippen molar-refractivity contribution >= 4 is 83.3 Å². The number of ether oxygens (including phenoxy) is 3. The molecule has 56 heteroatoms. The standard InChI is InChI=1S/C15H14N4O4.C14H15N3O4.2C10H8N4O4.C9H13N3O4.C5H7N3O2.C4H5N3O2S.4K.3Na/c1-8-3-5-9(6-4-8)12-17-13(19-18-12)11(14(20)21)10(7-16)15(22)23-2;1-2-21-11(18)8-10-15-13(17-16-10)12(14(19)20)9-6-4-3-5-7-9;15-9(16)5-8-11-10(13-12-8)6-1-3-7(4-2-6)14(17)18;15-9(16)5-8-11-10(13-12-8)6-2-1-3-7(4-6)14(17)18;1-3-16-7(13)4-6-10-8(12-11-6)5(2)9(14)15;1-3-6-4(8-7-3)2-5(9)10;8-3(9)1-2-5-4(10)7-6-2;;;;;;;/h3-6,10-11H,1-2H3,(H,20,21)(H,17,18,19);3-7,12H,2,8H2,1H3,(H,19,20)(H,15,16,17);2*1-4H,5H2,(H,15,16)(H,11,12,13);5H,3-4H2,1-2H3,(H,14,15)(H,10,11,12);2H2,1H3,(H,9,10)(H,6,7,8);1H2,(H,8,9)(H2,5,6,7,10);;;;;;;/q;;;;;;;7*+1/p-7. The van der Waals surface area contributed by atoms with Crippen LogP contribution < -0.4 is 330 Å². The summed E-state index contributed by atoms with van der Waals surface area (Å²) in [4.78, 5) is 155.